The molecule has 0 unspecified atom stereocenters. The summed E-state index contributed by atoms with van der Waals surface area (Å²) in [5, 5.41) is 15.6. The molecule has 1 aromatic carbocycles. The average molecular weight is 719 g/mol. The van der Waals surface area contributed by atoms with Crippen LogP contribution in [0, 0.1) is 11.8 Å². The molecule has 1 aromatic rings. The Bertz CT molecular complexity index is 1080. The van der Waals surface area contributed by atoms with Gasteiger partial charge in [-0.15, -0.1) is 0 Å². The Balaban J connectivity index is 2.44. The molecule has 0 saturated carbocycles. The number of nitrogens with one attached hydrogen (secondary N) is 6. The van der Waals surface area contributed by atoms with E-state index in [4.69, 9.17) is 9.47 Å². The van der Waals surface area contributed by atoms with Gasteiger partial charge in [0.15, 0.2) is 0 Å². The molecule has 0 saturated heterocycles. The standard InChI is InChI=1S/C28H43IN6O8/c1-17(2)15-42-27(40)31-12-13-32-28(41)43-16-20-6-8-21(9-7-20)34-25(38)19(5)33-26(39)24(18(3)4)35-22(36)10-11-30-23(37)14-29/h6-9,17-19,24H,10-16H2,1-5H3,(H,30,37)(H,31,40)(H,32,41)(H,33,39)(H,34,38)(H,35,36)/t19-,24-/m0/s1. The minimum Gasteiger partial charge on any atom is -0.449 e. The van der Waals surface area contributed by atoms with E-state index in [-0.39, 0.29) is 54.8 Å². The molecule has 0 heterocycles. The number of carbonyl (C=O) groups excluding carboxylic acids is 6. The van der Waals surface area contributed by atoms with Gasteiger partial charge in [-0.2, -0.15) is 0 Å². The molecule has 1 rings (SSSR count). The van der Waals surface area contributed by atoms with Gasteiger partial charge in [-0.3, -0.25) is 19.2 Å². The minimum absolute atomic E-state index is 0.0106. The van der Waals surface area contributed by atoms with Crippen LogP contribution in [0.15, 0.2) is 24.3 Å². The van der Waals surface area contributed by atoms with E-state index in [1.807, 2.05) is 36.4 Å². The van der Waals surface area contributed by atoms with Crippen molar-refractivity contribution in [3.05, 3.63) is 29.8 Å². The summed E-state index contributed by atoms with van der Waals surface area (Å²) in [7, 11) is 0. The molecule has 0 bridgehead atoms. The maximum atomic E-state index is 12.8. The molecule has 6 N–H and O–H groups in total. The number of alkyl carbamates (subject to hydrolysis) is 2. The van der Waals surface area contributed by atoms with E-state index in [1.54, 1.807) is 38.1 Å². The summed E-state index contributed by atoms with van der Waals surface area (Å²) in [6, 6.07) is 4.85. The van der Waals surface area contributed by atoms with Crippen molar-refractivity contribution in [2.75, 3.05) is 36.0 Å². The lowest BCUT2D eigenvalue weighted by Crippen LogP contribution is -2.54. The van der Waals surface area contributed by atoms with Crippen LogP contribution < -0.4 is 31.9 Å². The van der Waals surface area contributed by atoms with Crippen molar-refractivity contribution in [2.24, 2.45) is 11.8 Å². The fourth-order valence-electron chi connectivity index (χ4n) is 3.27. The first kappa shape index (κ1) is 37.4. The maximum absolute atomic E-state index is 12.8. The molecule has 0 aliphatic rings. The van der Waals surface area contributed by atoms with Gasteiger partial charge in [-0.05, 0) is 36.5 Å². The summed E-state index contributed by atoms with van der Waals surface area (Å²) in [5.74, 6) is -1.55. The Morgan fingerprint density at radius 2 is 1.35 bits per heavy atom. The van der Waals surface area contributed by atoms with Gasteiger partial charge in [-0.1, -0.05) is 62.4 Å². The Kier molecular flexibility index (Phi) is 17.7. The molecule has 0 aliphatic heterocycles. The lowest BCUT2D eigenvalue weighted by molar-refractivity contribution is -0.131. The van der Waals surface area contributed by atoms with Crippen LogP contribution in [0.2, 0.25) is 0 Å². The molecular weight excluding hydrogens is 675 g/mol. The Labute approximate surface area is 265 Å². The molecule has 43 heavy (non-hydrogen) atoms. The number of ether oxygens (including phenoxy) is 2. The number of amides is 6. The second-order valence-electron chi connectivity index (χ2n) is 10.4. The van der Waals surface area contributed by atoms with Gasteiger partial charge in [0, 0.05) is 31.7 Å². The first-order valence-electron chi connectivity index (χ1n) is 14.0. The molecule has 0 spiro atoms. The molecule has 2 atom stereocenters. The molecule has 6 amide bonds. The zero-order valence-corrected chi connectivity index (χ0v) is 27.4. The third-order valence-electron chi connectivity index (χ3n) is 5.62. The van der Waals surface area contributed by atoms with E-state index in [2.05, 4.69) is 31.9 Å². The SMILES string of the molecule is CC(C)COC(=O)NCCNC(=O)OCc1ccc(NC(=O)[C@H](C)NC(=O)[C@@H](NC(=O)CCNC(=O)CI)C(C)C)cc1. The zero-order chi connectivity index (χ0) is 32.4. The lowest BCUT2D eigenvalue weighted by atomic mass is 10.0. The molecular formula is C28H43IN6O8. The van der Waals surface area contributed by atoms with E-state index in [0.717, 1.165) is 0 Å². The molecule has 0 aliphatic carbocycles. The van der Waals surface area contributed by atoms with Gasteiger partial charge in [0.25, 0.3) is 0 Å². The van der Waals surface area contributed by atoms with Gasteiger partial charge in [0.2, 0.25) is 23.6 Å². The van der Waals surface area contributed by atoms with E-state index in [0.29, 0.717) is 17.9 Å². The molecule has 14 nitrogen and oxygen atoms in total. The van der Waals surface area contributed by atoms with Crippen LogP contribution in [-0.2, 0) is 35.3 Å². The topological polar surface area (TPSA) is 193 Å². The Hall–Kier alpha value is -3.63. The van der Waals surface area contributed by atoms with Crippen LogP contribution in [0.25, 0.3) is 0 Å². The van der Waals surface area contributed by atoms with Crippen LogP contribution >= 0.6 is 22.6 Å². The lowest BCUT2D eigenvalue weighted by Gasteiger charge is -2.24. The highest BCUT2D eigenvalue weighted by Crippen LogP contribution is 2.11. The van der Waals surface area contributed by atoms with E-state index >= 15 is 0 Å². The first-order valence-corrected chi connectivity index (χ1v) is 15.5. The largest absolute Gasteiger partial charge is 0.449 e. The summed E-state index contributed by atoms with van der Waals surface area (Å²) < 4.78 is 10.4. The highest BCUT2D eigenvalue weighted by Gasteiger charge is 2.27. The normalized spacial score (nSPS) is 12.0. The smallest absolute Gasteiger partial charge is 0.407 e. The Morgan fingerprint density at radius 1 is 0.744 bits per heavy atom. The number of halogens is 1. The molecule has 0 fully saturated rings. The first-order chi connectivity index (χ1) is 20.3. The summed E-state index contributed by atoms with van der Waals surface area (Å²) in [5.41, 5.74) is 1.14. The zero-order valence-electron chi connectivity index (χ0n) is 25.2. The van der Waals surface area contributed by atoms with Crippen LogP contribution in [0.5, 0.6) is 0 Å². The predicted molar refractivity (Wildman–Crippen MR) is 168 cm³/mol. The summed E-state index contributed by atoms with van der Waals surface area (Å²) in [6.45, 7) is 9.72. The maximum Gasteiger partial charge on any atom is 0.407 e. The van der Waals surface area contributed by atoms with Crippen molar-refractivity contribution in [3.63, 3.8) is 0 Å². The van der Waals surface area contributed by atoms with Crippen LogP contribution in [0.3, 0.4) is 0 Å². The summed E-state index contributed by atoms with van der Waals surface area (Å²) in [6.07, 6.45) is -1.18. The predicted octanol–water partition coefficient (Wildman–Crippen LogP) is 1.82. The highest BCUT2D eigenvalue weighted by molar-refractivity contribution is 14.1. The number of anilines is 1. The molecule has 0 aromatic heterocycles. The van der Waals surface area contributed by atoms with E-state index in [9.17, 15) is 28.8 Å². The summed E-state index contributed by atoms with van der Waals surface area (Å²) in [4.78, 5) is 72.4. The number of rotatable bonds is 17. The van der Waals surface area contributed by atoms with Gasteiger partial charge < -0.3 is 41.4 Å². The third kappa shape index (κ3) is 16.6. The number of benzene rings is 1. The van der Waals surface area contributed by atoms with Gasteiger partial charge in [-0.25, -0.2) is 9.59 Å². The highest BCUT2D eigenvalue weighted by atomic mass is 127. The van der Waals surface area contributed by atoms with Crippen molar-refractivity contribution < 1.29 is 38.2 Å². The van der Waals surface area contributed by atoms with Crippen LogP contribution in [-0.4, -0.2) is 78.6 Å². The van der Waals surface area contributed by atoms with Gasteiger partial charge in [0.05, 0.1) is 11.0 Å². The minimum atomic E-state index is -0.896. The van der Waals surface area contributed by atoms with Crippen molar-refractivity contribution in [2.45, 2.75) is 59.7 Å². The number of hydrogen-bond donors (Lipinski definition) is 6. The number of alkyl halides is 1. The van der Waals surface area contributed by atoms with Crippen molar-refractivity contribution in [3.8, 4) is 0 Å². The van der Waals surface area contributed by atoms with Gasteiger partial charge >= 0.3 is 12.2 Å². The quantitative estimate of drug-likeness (QED) is 0.0798. The second kappa shape index (κ2) is 20.3. The fraction of sp³-hybridized carbons (Fsp3) is 0.571. The average Bonchev–Trinajstić information content (AvgIpc) is 2.96. The van der Waals surface area contributed by atoms with Crippen molar-refractivity contribution >= 4 is 64.1 Å². The number of carbonyl (C=O) groups is 6. The Morgan fingerprint density at radius 3 is 1.91 bits per heavy atom. The summed E-state index contributed by atoms with van der Waals surface area (Å²) >= 11 is 1.92. The molecule has 0 radical (unpaired) electrons. The van der Waals surface area contributed by atoms with Crippen LogP contribution in [0.4, 0.5) is 15.3 Å². The fourth-order valence-corrected chi connectivity index (χ4v) is 3.54. The van der Waals surface area contributed by atoms with Crippen molar-refractivity contribution in [1.29, 1.82) is 0 Å². The van der Waals surface area contributed by atoms with Crippen LogP contribution in [0.1, 0.15) is 46.6 Å². The van der Waals surface area contributed by atoms with E-state index < -0.39 is 42.0 Å². The van der Waals surface area contributed by atoms with E-state index in [1.165, 1.54) is 6.92 Å². The third-order valence-corrected chi connectivity index (χ3v) is 6.31. The van der Waals surface area contributed by atoms with Gasteiger partial charge in [0.1, 0.15) is 18.7 Å². The monoisotopic (exact) mass is 718 g/mol. The molecule has 15 heteroatoms. The van der Waals surface area contributed by atoms with Crippen molar-refractivity contribution in [1.82, 2.24) is 26.6 Å². The second-order valence-corrected chi connectivity index (χ2v) is 11.1. The number of hydrogen-bond acceptors (Lipinski definition) is 8. The molecule has 240 valence electrons.